The quantitative estimate of drug-likeness (QED) is 0.433. The molecule has 3 aromatic rings. The number of hydrogen-bond donors (Lipinski definition) is 3. The van der Waals surface area contributed by atoms with E-state index in [4.69, 9.17) is 10.5 Å². The number of thioether (sulfide) groups is 1. The first-order valence-corrected chi connectivity index (χ1v) is 9.18. The minimum Gasteiger partial charge on any atom is -0.497 e. The number of ether oxygens (including phenoxy) is 1. The van der Waals surface area contributed by atoms with Crippen LogP contribution in [0.1, 0.15) is 15.9 Å². The van der Waals surface area contributed by atoms with Crippen LogP contribution in [-0.4, -0.2) is 23.0 Å². The molecule has 0 unspecified atom stereocenters. The number of methoxy groups -OCH3 is 1. The molecule has 0 atom stereocenters. The lowest BCUT2D eigenvalue weighted by molar-refractivity contribution is 0.102. The molecule has 0 aliphatic heterocycles. The highest BCUT2D eigenvalue weighted by Gasteiger charge is 2.14. The molecule has 0 saturated heterocycles. The van der Waals surface area contributed by atoms with Crippen molar-refractivity contribution < 1.29 is 13.9 Å². The van der Waals surface area contributed by atoms with Gasteiger partial charge in [-0.3, -0.25) is 14.6 Å². The molecule has 3 rings (SSSR count). The maximum Gasteiger partial charge on any atom is 0.277 e. The van der Waals surface area contributed by atoms with Gasteiger partial charge in [-0.05, 0) is 35.9 Å². The van der Waals surface area contributed by atoms with Gasteiger partial charge in [-0.15, -0.1) is 0 Å². The minimum absolute atomic E-state index is 0.123. The van der Waals surface area contributed by atoms with Crippen LogP contribution >= 0.6 is 11.8 Å². The normalized spacial score (nSPS) is 10.5. The molecule has 0 bridgehead atoms. The van der Waals surface area contributed by atoms with Crippen molar-refractivity contribution in [2.45, 2.75) is 10.9 Å². The summed E-state index contributed by atoms with van der Waals surface area (Å²) in [5, 5.41) is 2.69. The molecule has 9 heteroatoms. The number of nitrogen functional groups attached to an aromatic ring is 1. The summed E-state index contributed by atoms with van der Waals surface area (Å²) in [6.45, 7) is 0. The number of halogens is 1. The Bertz CT molecular complexity index is 1050. The van der Waals surface area contributed by atoms with E-state index in [0.717, 1.165) is 11.8 Å². The van der Waals surface area contributed by atoms with Crippen molar-refractivity contribution in [2.24, 2.45) is 0 Å². The highest BCUT2D eigenvalue weighted by atomic mass is 32.2. The summed E-state index contributed by atoms with van der Waals surface area (Å²) in [7, 11) is 1.52. The minimum atomic E-state index is -0.592. The predicted octanol–water partition coefficient (Wildman–Crippen LogP) is 3.04. The van der Waals surface area contributed by atoms with Crippen LogP contribution in [0.2, 0.25) is 0 Å². The summed E-state index contributed by atoms with van der Waals surface area (Å²) < 4.78 is 18.7. The number of aromatic amines is 1. The Hall–Kier alpha value is -3.33. The number of aromatic nitrogens is 2. The number of rotatable bonds is 6. The van der Waals surface area contributed by atoms with Crippen molar-refractivity contribution in [2.75, 3.05) is 18.2 Å². The Labute approximate surface area is 164 Å². The van der Waals surface area contributed by atoms with Crippen LogP contribution in [0.25, 0.3) is 0 Å². The number of nitrogens with two attached hydrogens (primary N) is 1. The fourth-order valence-electron chi connectivity index (χ4n) is 2.35. The number of nitrogens with zero attached hydrogens (tertiary/aromatic N) is 1. The smallest absolute Gasteiger partial charge is 0.277 e. The van der Waals surface area contributed by atoms with Crippen LogP contribution in [-0.2, 0) is 5.75 Å². The first-order valence-electron chi connectivity index (χ1n) is 8.19. The third-order valence-electron chi connectivity index (χ3n) is 3.84. The third kappa shape index (κ3) is 4.49. The van der Waals surface area contributed by atoms with E-state index in [2.05, 4.69) is 15.3 Å². The molecular weight excluding hydrogens is 383 g/mol. The molecule has 0 aliphatic carbocycles. The van der Waals surface area contributed by atoms with Gasteiger partial charge in [-0.2, -0.15) is 0 Å². The highest BCUT2D eigenvalue weighted by Crippen LogP contribution is 2.22. The van der Waals surface area contributed by atoms with Crippen molar-refractivity contribution in [3.63, 3.8) is 0 Å². The zero-order chi connectivity index (χ0) is 20.1. The third-order valence-corrected chi connectivity index (χ3v) is 4.76. The summed E-state index contributed by atoms with van der Waals surface area (Å²) >= 11 is 1.13. The molecule has 1 heterocycles. The molecule has 144 valence electrons. The van der Waals surface area contributed by atoms with Gasteiger partial charge in [0.1, 0.15) is 17.3 Å². The van der Waals surface area contributed by atoms with Gasteiger partial charge in [0.25, 0.3) is 11.5 Å². The Morgan fingerprint density at radius 1 is 1.25 bits per heavy atom. The highest BCUT2D eigenvalue weighted by molar-refractivity contribution is 7.98. The summed E-state index contributed by atoms with van der Waals surface area (Å²) in [5.41, 5.74) is 5.91. The summed E-state index contributed by atoms with van der Waals surface area (Å²) in [6.07, 6.45) is 0. The number of H-pyrrole nitrogens is 1. The lowest BCUT2D eigenvalue weighted by Gasteiger charge is -2.09. The second-order valence-corrected chi connectivity index (χ2v) is 6.66. The first-order chi connectivity index (χ1) is 13.5. The number of anilines is 2. The average molecular weight is 400 g/mol. The average Bonchev–Trinajstić information content (AvgIpc) is 2.70. The SMILES string of the molecule is COc1ccc(C(=O)Nc2c(N)nc(SCc3ccccc3F)[nH]c2=O)cc1. The van der Waals surface area contributed by atoms with Crippen molar-refractivity contribution in [3.05, 3.63) is 75.8 Å². The molecular formula is C19H17FN4O3S. The van der Waals surface area contributed by atoms with Gasteiger partial charge < -0.3 is 15.8 Å². The Morgan fingerprint density at radius 2 is 1.96 bits per heavy atom. The fraction of sp³-hybridized carbons (Fsp3) is 0.105. The van der Waals surface area contributed by atoms with Crippen LogP contribution in [0.3, 0.4) is 0 Å². The first kappa shape index (κ1) is 19.4. The molecule has 0 radical (unpaired) electrons. The van der Waals surface area contributed by atoms with Crippen molar-refractivity contribution in [1.82, 2.24) is 9.97 Å². The van der Waals surface area contributed by atoms with E-state index in [1.807, 2.05) is 0 Å². The molecule has 4 N–H and O–H groups in total. The van der Waals surface area contributed by atoms with Crippen molar-refractivity contribution in [1.29, 1.82) is 0 Å². The molecule has 1 aromatic heterocycles. The molecule has 0 aliphatic rings. The van der Waals surface area contributed by atoms with Crippen LogP contribution in [0.15, 0.2) is 58.5 Å². The van der Waals surface area contributed by atoms with E-state index in [-0.39, 0.29) is 28.2 Å². The second kappa shape index (κ2) is 8.57. The van der Waals surface area contributed by atoms with E-state index in [0.29, 0.717) is 16.9 Å². The number of hydrogen-bond acceptors (Lipinski definition) is 6. The van der Waals surface area contributed by atoms with Gasteiger partial charge in [0.2, 0.25) is 0 Å². The molecule has 2 aromatic carbocycles. The molecule has 1 amide bonds. The van der Waals surface area contributed by atoms with E-state index in [1.54, 1.807) is 42.5 Å². The van der Waals surface area contributed by atoms with E-state index < -0.39 is 11.5 Å². The van der Waals surface area contributed by atoms with Crippen molar-refractivity contribution in [3.8, 4) is 5.75 Å². The Kier molecular flexibility index (Phi) is 5.95. The fourth-order valence-corrected chi connectivity index (χ4v) is 3.20. The van der Waals surface area contributed by atoms with Gasteiger partial charge in [0.15, 0.2) is 11.0 Å². The zero-order valence-electron chi connectivity index (χ0n) is 14.9. The number of carbonyl (C=O) groups excluding carboxylic acids is 1. The number of amides is 1. The predicted molar refractivity (Wildman–Crippen MR) is 106 cm³/mol. The lowest BCUT2D eigenvalue weighted by atomic mass is 10.2. The number of nitrogens with one attached hydrogen (secondary N) is 2. The van der Waals surface area contributed by atoms with Crippen LogP contribution in [0.4, 0.5) is 15.9 Å². The van der Waals surface area contributed by atoms with E-state index in [1.165, 1.54) is 13.2 Å². The van der Waals surface area contributed by atoms with Crippen LogP contribution < -0.4 is 21.3 Å². The summed E-state index contributed by atoms with van der Waals surface area (Å²) in [5.74, 6) is -0.0948. The Morgan fingerprint density at radius 3 is 2.61 bits per heavy atom. The Balaban J connectivity index is 1.73. The van der Waals surface area contributed by atoms with Gasteiger partial charge >= 0.3 is 0 Å². The standard InChI is InChI=1S/C19H17FN4O3S/c1-27-13-8-6-11(7-9-13)17(25)22-15-16(21)23-19(24-18(15)26)28-10-12-4-2-3-5-14(12)20/h2-9H,10H2,1H3,(H,22,25)(H3,21,23,24,26). The zero-order valence-corrected chi connectivity index (χ0v) is 15.7. The van der Waals surface area contributed by atoms with Gasteiger partial charge in [-0.25, -0.2) is 9.37 Å². The van der Waals surface area contributed by atoms with E-state index >= 15 is 0 Å². The monoisotopic (exact) mass is 400 g/mol. The van der Waals surface area contributed by atoms with E-state index in [9.17, 15) is 14.0 Å². The summed E-state index contributed by atoms with van der Waals surface area (Å²) in [6, 6.07) is 12.7. The molecule has 0 spiro atoms. The second-order valence-electron chi connectivity index (χ2n) is 5.69. The summed E-state index contributed by atoms with van der Waals surface area (Å²) in [4.78, 5) is 31.2. The van der Waals surface area contributed by atoms with Crippen LogP contribution in [0.5, 0.6) is 5.75 Å². The van der Waals surface area contributed by atoms with Crippen molar-refractivity contribution >= 4 is 29.2 Å². The maximum absolute atomic E-state index is 13.7. The lowest BCUT2D eigenvalue weighted by Crippen LogP contribution is -2.23. The largest absolute Gasteiger partial charge is 0.497 e. The van der Waals surface area contributed by atoms with Crippen LogP contribution in [0, 0.1) is 5.82 Å². The number of carbonyl (C=O) groups is 1. The molecule has 0 saturated carbocycles. The van der Waals surface area contributed by atoms with Gasteiger partial charge in [0, 0.05) is 11.3 Å². The number of benzene rings is 2. The molecule has 7 nitrogen and oxygen atoms in total. The van der Waals surface area contributed by atoms with Gasteiger partial charge in [0.05, 0.1) is 7.11 Å². The molecule has 28 heavy (non-hydrogen) atoms. The van der Waals surface area contributed by atoms with Gasteiger partial charge in [-0.1, -0.05) is 30.0 Å². The molecule has 0 fully saturated rings. The topological polar surface area (TPSA) is 110 Å². The maximum atomic E-state index is 13.7.